The van der Waals surface area contributed by atoms with Crippen molar-refractivity contribution >= 4 is 15.9 Å². The lowest BCUT2D eigenvalue weighted by Gasteiger charge is -2.31. The molecule has 6 nitrogen and oxygen atoms in total. The van der Waals surface area contributed by atoms with Crippen LogP contribution in [-0.4, -0.2) is 39.5 Å². The first-order valence-corrected chi connectivity index (χ1v) is 8.55. The number of benzene rings is 1. The Morgan fingerprint density at radius 3 is 3.00 bits per heavy atom. The fourth-order valence-corrected chi connectivity index (χ4v) is 3.87. The second kappa shape index (κ2) is 7.22. The van der Waals surface area contributed by atoms with Crippen molar-refractivity contribution in [3.8, 4) is 0 Å². The molecule has 1 fully saturated rings. The number of hydrogen-bond donors (Lipinski definition) is 2. The van der Waals surface area contributed by atoms with Crippen molar-refractivity contribution in [2.75, 3.05) is 31.5 Å². The maximum Gasteiger partial charge on any atom is 0.301 e. The van der Waals surface area contributed by atoms with Crippen molar-refractivity contribution in [3.05, 3.63) is 29.8 Å². The summed E-state index contributed by atoms with van der Waals surface area (Å²) in [5, 5.41) is 0. The summed E-state index contributed by atoms with van der Waals surface area (Å²) in [7, 11) is -1.92. The summed E-state index contributed by atoms with van der Waals surface area (Å²) in [6.45, 7) is 2.01. The zero-order chi connectivity index (χ0) is 15.3. The number of nitrogens with one attached hydrogen (secondary N) is 1. The van der Waals surface area contributed by atoms with Crippen LogP contribution < -0.4 is 10.5 Å². The van der Waals surface area contributed by atoms with Gasteiger partial charge in [-0.25, -0.2) is 0 Å². The average Bonchev–Trinajstić information content (AvgIpc) is 2.47. The van der Waals surface area contributed by atoms with Crippen molar-refractivity contribution in [2.24, 2.45) is 11.7 Å². The largest absolute Gasteiger partial charge is 0.380 e. The molecule has 1 aliphatic rings. The Morgan fingerprint density at radius 2 is 2.29 bits per heavy atom. The minimum atomic E-state index is -3.52. The van der Waals surface area contributed by atoms with E-state index in [-0.39, 0.29) is 5.92 Å². The molecule has 3 N–H and O–H groups in total. The van der Waals surface area contributed by atoms with Crippen LogP contribution in [0.4, 0.5) is 5.69 Å². The maximum atomic E-state index is 12.4. The molecule has 1 atom stereocenters. The van der Waals surface area contributed by atoms with Gasteiger partial charge in [0.2, 0.25) is 0 Å². The lowest BCUT2D eigenvalue weighted by Crippen LogP contribution is -2.44. The predicted molar refractivity (Wildman–Crippen MR) is 83.0 cm³/mol. The van der Waals surface area contributed by atoms with Gasteiger partial charge < -0.3 is 10.5 Å². The van der Waals surface area contributed by atoms with E-state index < -0.39 is 10.2 Å². The van der Waals surface area contributed by atoms with Crippen LogP contribution in [0.3, 0.4) is 0 Å². The van der Waals surface area contributed by atoms with Gasteiger partial charge in [0.05, 0.1) is 12.3 Å². The Bertz CT molecular complexity index is 562. The maximum absolute atomic E-state index is 12.4. The molecule has 118 valence electrons. The Hall–Kier alpha value is -1.15. The topological polar surface area (TPSA) is 84.7 Å². The first kappa shape index (κ1) is 16.2. The summed E-state index contributed by atoms with van der Waals surface area (Å²) in [6, 6.07) is 7.23. The first-order chi connectivity index (χ1) is 10.0. The molecule has 0 amide bonds. The highest BCUT2D eigenvalue weighted by Crippen LogP contribution is 2.20. The van der Waals surface area contributed by atoms with E-state index >= 15 is 0 Å². The van der Waals surface area contributed by atoms with Crippen molar-refractivity contribution in [3.63, 3.8) is 0 Å². The second-order valence-electron chi connectivity index (χ2n) is 5.34. The molecule has 0 saturated carbocycles. The number of hydrogen-bond acceptors (Lipinski definition) is 4. The van der Waals surface area contributed by atoms with E-state index in [0.29, 0.717) is 31.9 Å². The minimum Gasteiger partial charge on any atom is -0.380 e. The molecule has 0 radical (unpaired) electrons. The van der Waals surface area contributed by atoms with Crippen LogP contribution >= 0.6 is 0 Å². The number of rotatable bonds is 6. The number of nitrogens with two attached hydrogens (primary N) is 1. The third kappa shape index (κ3) is 4.41. The van der Waals surface area contributed by atoms with Gasteiger partial charge in [-0.3, -0.25) is 4.72 Å². The fourth-order valence-electron chi connectivity index (χ4n) is 2.54. The molecule has 0 aliphatic carbocycles. The molecule has 21 heavy (non-hydrogen) atoms. The SMILES string of the molecule is COCc1cccc(NS(=O)(=O)N2CCCC(CN)C2)c1. The van der Waals surface area contributed by atoms with Gasteiger partial charge in [-0.2, -0.15) is 12.7 Å². The summed E-state index contributed by atoms with van der Waals surface area (Å²) in [5.74, 6) is 0.246. The fraction of sp³-hybridized carbons (Fsp3) is 0.571. The van der Waals surface area contributed by atoms with Crippen LogP contribution in [0.2, 0.25) is 0 Å². The molecule has 2 rings (SSSR count). The zero-order valence-electron chi connectivity index (χ0n) is 12.3. The van der Waals surface area contributed by atoms with Crippen LogP contribution in [0.15, 0.2) is 24.3 Å². The highest BCUT2D eigenvalue weighted by molar-refractivity contribution is 7.90. The highest BCUT2D eigenvalue weighted by Gasteiger charge is 2.28. The normalized spacial score (nSPS) is 20.4. The van der Waals surface area contributed by atoms with Gasteiger partial charge in [-0.05, 0) is 43.0 Å². The molecular weight excluding hydrogens is 290 g/mol. The summed E-state index contributed by atoms with van der Waals surface area (Å²) in [4.78, 5) is 0. The summed E-state index contributed by atoms with van der Waals surface area (Å²) in [5.41, 5.74) is 7.14. The van der Waals surface area contributed by atoms with Crippen LogP contribution in [-0.2, 0) is 21.6 Å². The molecular formula is C14H23N3O3S. The van der Waals surface area contributed by atoms with Crippen molar-refractivity contribution in [1.82, 2.24) is 4.31 Å². The van der Waals surface area contributed by atoms with Crippen molar-refractivity contribution < 1.29 is 13.2 Å². The molecule has 1 saturated heterocycles. The molecule has 1 aromatic rings. The van der Waals surface area contributed by atoms with Crippen LogP contribution in [0.25, 0.3) is 0 Å². The molecule has 1 aliphatic heterocycles. The van der Waals surface area contributed by atoms with E-state index in [2.05, 4.69) is 4.72 Å². The van der Waals surface area contributed by atoms with Crippen LogP contribution in [0.5, 0.6) is 0 Å². The highest BCUT2D eigenvalue weighted by atomic mass is 32.2. The smallest absolute Gasteiger partial charge is 0.301 e. The predicted octanol–water partition coefficient (Wildman–Crippen LogP) is 1.16. The van der Waals surface area contributed by atoms with Crippen LogP contribution in [0, 0.1) is 5.92 Å². The average molecular weight is 313 g/mol. The second-order valence-corrected chi connectivity index (χ2v) is 7.01. The summed E-state index contributed by atoms with van der Waals surface area (Å²) >= 11 is 0. The van der Waals surface area contributed by atoms with Crippen molar-refractivity contribution in [2.45, 2.75) is 19.4 Å². The number of methoxy groups -OCH3 is 1. The molecule has 0 bridgehead atoms. The van der Waals surface area contributed by atoms with E-state index in [1.165, 1.54) is 4.31 Å². The summed E-state index contributed by atoms with van der Waals surface area (Å²) < 4.78 is 34.0. The van der Waals surface area contributed by atoms with Gasteiger partial charge in [0.25, 0.3) is 0 Å². The Labute approximate surface area is 126 Å². The Balaban J connectivity index is 2.08. The molecule has 7 heteroatoms. The third-order valence-electron chi connectivity index (χ3n) is 3.64. The first-order valence-electron chi connectivity index (χ1n) is 7.11. The van der Waals surface area contributed by atoms with E-state index in [9.17, 15) is 8.42 Å². The van der Waals surface area contributed by atoms with Gasteiger partial charge in [-0.1, -0.05) is 12.1 Å². The zero-order valence-corrected chi connectivity index (χ0v) is 13.1. The Morgan fingerprint density at radius 1 is 1.48 bits per heavy atom. The van der Waals surface area contributed by atoms with E-state index in [4.69, 9.17) is 10.5 Å². The van der Waals surface area contributed by atoms with Gasteiger partial charge in [-0.15, -0.1) is 0 Å². The molecule has 0 aromatic heterocycles. The van der Waals surface area contributed by atoms with E-state index in [1.807, 2.05) is 12.1 Å². The van der Waals surface area contributed by atoms with E-state index in [1.54, 1.807) is 19.2 Å². The molecule has 0 spiro atoms. The Kier molecular flexibility index (Phi) is 5.58. The lowest BCUT2D eigenvalue weighted by atomic mass is 10.0. The lowest BCUT2D eigenvalue weighted by molar-refractivity contribution is 0.185. The number of nitrogens with zero attached hydrogens (tertiary/aromatic N) is 1. The summed E-state index contributed by atoms with van der Waals surface area (Å²) in [6.07, 6.45) is 1.85. The minimum absolute atomic E-state index is 0.246. The molecule has 1 heterocycles. The monoisotopic (exact) mass is 313 g/mol. The van der Waals surface area contributed by atoms with Crippen molar-refractivity contribution in [1.29, 1.82) is 0 Å². The van der Waals surface area contributed by atoms with Gasteiger partial charge in [0, 0.05) is 20.2 Å². The molecule has 1 aromatic carbocycles. The quantitative estimate of drug-likeness (QED) is 0.825. The van der Waals surface area contributed by atoms with E-state index in [0.717, 1.165) is 18.4 Å². The number of anilines is 1. The van der Waals surface area contributed by atoms with Gasteiger partial charge in [0.15, 0.2) is 0 Å². The standard InChI is InChI=1S/C14H23N3O3S/c1-20-11-12-4-2-6-14(8-12)16-21(18,19)17-7-3-5-13(9-15)10-17/h2,4,6,8,13,16H,3,5,7,9-11,15H2,1H3. The van der Waals surface area contributed by atoms with Crippen LogP contribution in [0.1, 0.15) is 18.4 Å². The van der Waals surface area contributed by atoms with Gasteiger partial charge in [0.1, 0.15) is 0 Å². The van der Waals surface area contributed by atoms with Gasteiger partial charge >= 0.3 is 10.2 Å². The number of piperidine rings is 1. The third-order valence-corrected chi connectivity index (χ3v) is 5.14. The molecule has 1 unspecified atom stereocenters. The number of ether oxygens (including phenoxy) is 1.